The molecule has 21 heavy (non-hydrogen) atoms. The number of aromatic nitrogens is 2. The van der Waals surface area contributed by atoms with Crippen molar-refractivity contribution in [3.63, 3.8) is 0 Å². The van der Waals surface area contributed by atoms with Crippen LogP contribution in [0.4, 0.5) is 4.39 Å². The zero-order chi connectivity index (χ0) is 15.0. The molecule has 0 fully saturated rings. The van der Waals surface area contributed by atoms with Crippen LogP contribution < -0.4 is 10.9 Å². The van der Waals surface area contributed by atoms with Crippen molar-refractivity contribution in [3.05, 3.63) is 52.7 Å². The number of rotatable bonds is 3. The van der Waals surface area contributed by atoms with Gasteiger partial charge < -0.3 is 14.3 Å². The summed E-state index contributed by atoms with van der Waals surface area (Å²) in [5, 5.41) is 2.51. The number of carbonyl (C=O) groups is 1. The summed E-state index contributed by atoms with van der Waals surface area (Å²) in [6.45, 7) is 0.208. The maximum atomic E-state index is 13.5. The van der Waals surface area contributed by atoms with Crippen molar-refractivity contribution in [1.29, 1.82) is 0 Å². The summed E-state index contributed by atoms with van der Waals surface area (Å²) in [4.78, 5) is 23.9. The van der Waals surface area contributed by atoms with Crippen LogP contribution in [0.1, 0.15) is 6.42 Å². The zero-order valence-electron chi connectivity index (χ0n) is 11.5. The van der Waals surface area contributed by atoms with Crippen LogP contribution in [0.5, 0.6) is 0 Å². The standard InChI is InChI=1S/C15H14FN3O2/c1-17-14(20)6-8-19-13-9-10(16)4-5-11(13)18-7-2-3-12(18)15(19)21/h2-5,7,9H,6,8H2,1H3,(H,17,20). The Bertz CT molecular complexity index is 895. The number of nitrogens with zero attached hydrogens (tertiary/aromatic N) is 2. The topological polar surface area (TPSA) is 55.5 Å². The lowest BCUT2D eigenvalue weighted by atomic mass is 10.2. The third-order valence-corrected chi connectivity index (χ3v) is 3.54. The van der Waals surface area contributed by atoms with E-state index >= 15 is 0 Å². The summed E-state index contributed by atoms with van der Waals surface area (Å²) in [6.07, 6.45) is 1.93. The van der Waals surface area contributed by atoms with Gasteiger partial charge in [-0.05, 0) is 30.3 Å². The molecular formula is C15H14FN3O2. The second-order valence-corrected chi connectivity index (χ2v) is 4.78. The molecular weight excluding hydrogens is 273 g/mol. The average molecular weight is 287 g/mol. The maximum absolute atomic E-state index is 13.5. The van der Waals surface area contributed by atoms with E-state index < -0.39 is 5.82 Å². The van der Waals surface area contributed by atoms with Gasteiger partial charge in [0, 0.05) is 26.2 Å². The molecule has 0 atom stereocenters. The van der Waals surface area contributed by atoms with E-state index in [9.17, 15) is 14.0 Å². The highest BCUT2D eigenvalue weighted by Crippen LogP contribution is 2.17. The Morgan fingerprint density at radius 3 is 2.81 bits per heavy atom. The highest BCUT2D eigenvalue weighted by atomic mass is 19.1. The van der Waals surface area contributed by atoms with Crippen LogP contribution in [0.2, 0.25) is 0 Å². The highest BCUT2D eigenvalue weighted by molar-refractivity contribution is 5.80. The number of carbonyl (C=O) groups excluding carboxylic acids is 1. The molecule has 0 spiro atoms. The van der Waals surface area contributed by atoms with E-state index in [1.165, 1.54) is 16.7 Å². The van der Waals surface area contributed by atoms with Gasteiger partial charge in [-0.1, -0.05) is 0 Å². The van der Waals surface area contributed by atoms with Crippen LogP contribution >= 0.6 is 0 Å². The van der Waals surface area contributed by atoms with Gasteiger partial charge in [0.2, 0.25) is 5.91 Å². The number of nitrogens with one attached hydrogen (secondary N) is 1. The van der Waals surface area contributed by atoms with Gasteiger partial charge in [-0.3, -0.25) is 9.59 Å². The van der Waals surface area contributed by atoms with E-state index in [0.29, 0.717) is 11.0 Å². The Morgan fingerprint density at radius 1 is 1.24 bits per heavy atom. The smallest absolute Gasteiger partial charge is 0.275 e. The summed E-state index contributed by atoms with van der Waals surface area (Å²) < 4.78 is 16.7. The molecule has 0 bridgehead atoms. The molecule has 0 aliphatic rings. The van der Waals surface area contributed by atoms with E-state index in [1.54, 1.807) is 35.8 Å². The fraction of sp³-hybridized carbons (Fsp3) is 0.200. The molecule has 0 unspecified atom stereocenters. The van der Waals surface area contributed by atoms with Gasteiger partial charge in [0.15, 0.2) is 0 Å². The molecule has 2 heterocycles. The van der Waals surface area contributed by atoms with Gasteiger partial charge in [0.05, 0.1) is 11.0 Å². The lowest BCUT2D eigenvalue weighted by molar-refractivity contribution is -0.120. The first-order valence-electron chi connectivity index (χ1n) is 6.61. The fourth-order valence-electron chi connectivity index (χ4n) is 2.49. The summed E-state index contributed by atoms with van der Waals surface area (Å²) in [6, 6.07) is 7.78. The number of hydrogen-bond donors (Lipinski definition) is 1. The largest absolute Gasteiger partial charge is 0.359 e. The molecule has 1 amide bonds. The Labute approximate surface area is 119 Å². The van der Waals surface area contributed by atoms with Crippen molar-refractivity contribution in [1.82, 2.24) is 14.3 Å². The Kier molecular flexibility index (Phi) is 3.21. The summed E-state index contributed by atoms with van der Waals surface area (Å²) in [7, 11) is 1.54. The molecule has 1 N–H and O–H groups in total. The van der Waals surface area contributed by atoms with Crippen molar-refractivity contribution in [2.45, 2.75) is 13.0 Å². The third kappa shape index (κ3) is 2.18. The van der Waals surface area contributed by atoms with E-state index in [2.05, 4.69) is 5.32 Å². The van der Waals surface area contributed by atoms with E-state index in [1.807, 2.05) is 0 Å². The maximum Gasteiger partial charge on any atom is 0.275 e. The SMILES string of the molecule is CNC(=O)CCn1c(=O)c2cccn2c2ccc(F)cc21. The van der Waals surface area contributed by atoms with Crippen molar-refractivity contribution >= 4 is 22.5 Å². The number of fused-ring (bicyclic) bond motifs is 3. The summed E-state index contributed by atoms with van der Waals surface area (Å²) in [5.41, 5.74) is 1.48. The normalized spacial score (nSPS) is 11.1. The summed E-state index contributed by atoms with van der Waals surface area (Å²) >= 11 is 0. The molecule has 0 saturated heterocycles. The predicted molar refractivity (Wildman–Crippen MR) is 77.8 cm³/mol. The number of benzene rings is 1. The van der Waals surface area contributed by atoms with Crippen LogP contribution in [0, 0.1) is 5.82 Å². The molecule has 3 rings (SSSR count). The molecule has 0 saturated carbocycles. The van der Waals surface area contributed by atoms with Gasteiger partial charge in [-0.2, -0.15) is 0 Å². The zero-order valence-corrected chi connectivity index (χ0v) is 11.5. The van der Waals surface area contributed by atoms with Crippen molar-refractivity contribution < 1.29 is 9.18 Å². The lowest BCUT2D eigenvalue weighted by Gasteiger charge is -2.12. The molecule has 1 aromatic carbocycles. The van der Waals surface area contributed by atoms with E-state index in [-0.39, 0.29) is 24.4 Å². The van der Waals surface area contributed by atoms with Gasteiger partial charge >= 0.3 is 0 Å². The van der Waals surface area contributed by atoms with Gasteiger partial charge in [0.25, 0.3) is 5.56 Å². The van der Waals surface area contributed by atoms with Gasteiger partial charge in [0.1, 0.15) is 11.3 Å². The van der Waals surface area contributed by atoms with Crippen LogP contribution in [-0.2, 0) is 11.3 Å². The number of amides is 1. The Morgan fingerprint density at radius 2 is 2.05 bits per heavy atom. The quantitative estimate of drug-likeness (QED) is 0.794. The first kappa shape index (κ1) is 13.4. The van der Waals surface area contributed by atoms with Gasteiger partial charge in [-0.15, -0.1) is 0 Å². The first-order valence-corrected chi connectivity index (χ1v) is 6.61. The Hall–Kier alpha value is -2.63. The molecule has 0 aliphatic carbocycles. The second-order valence-electron chi connectivity index (χ2n) is 4.78. The van der Waals surface area contributed by atoms with E-state index in [4.69, 9.17) is 0 Å². The number of hydrogen-bond acceptors (Lipinski definition) is 2. The van der Waals surface area contributed by atoms with Crippen molar-refractivity contribution in [2.75, 3.05) is 7.05 Å². The average Bonchev–Trinajstić information content (AvgIpc) is 2.96. The fourth-order valence-corrected chi connectivity index (χ4v) is 2.49. The molecule has 6 heteroatoms. The summed E-state index contributed by atoms with van der Waals surface area (Å²) in [5.74, 6) is -0.580. The predicted octanol–water partition coefficient (Wildman–Crippen LogP) is 1.53. The van der Waals surface area contributed by atoms with Gasteiger partial charge in [-0.25, -0.2) is 4.39 Å². The molecule has 0 radical (unpaired) electrons. The molecule has 108 valence electrons. The van der Waals surface area contributed by atoms with Crippen LogP contribution in [0.25, 0.3) is 16.6 Å². The van der Waals surface area contributed by atoms with Crippen LogP contribution in [-0.4, -0.2) is 21.9 Å². The molecule has 5 nitrogen and oxygen atoms in total. The Balaban J connectivity index is 2.27. The second kappa shape index (κ2) is 5.05. The van der Waals surface area contributed by atoms with Crippen LogP contribution in [0.15, 0.2) is 41.3 Å². The molecule has 3 aromatic rings. The lowest BCUT2D eigenvalue weighted by Crippen LogP contribution is -2.26. The molecule has 2 aromatic heterocycles. The minimum atomic E-state index is -0.415. The molecule has 0 aliphatic heterocycles. The van der Waals surface area contributed by atoms with E-state index in [0.717, 1.165) is 5.52 Å². The first-order chi connectivity index (χ1) is 10.1. The van der Waals surface area contributed by atoms with Crippen molar-refractivity contribution in [2.24, 2.45) is 0 Å². The minimum Gasteiger partial charge on any atom is -0.359 e. The third-order valence-electron chi connectivity index (χ3n) is 3.54. The minimum absolute atomic E-state index is 0.165. The monoisotopic (exact) mass is 287 g/mol. The van der Waals surface area contributed by atoms with Crippen molar-refractivity contribution in [3.8, 4) is 0 Å². The number of halogens is 1. The van der Waals surface area contributed by atoms with Crippen LogP contribution in [0.3, 0.4) is 0 Å². The highest BCUT2D eigenvalue weighted by Gasteiger charge is 2.12. The number of aryl methyl sites for hydroxylation is 1.